The van der Waals surface area contributed by atoms with E-state index >= 15 is 0 Å². The first-order chi connectivity index (χ1) is 12.3. The largest absolute Gasteiger partial charge is 0.350 e. The van der Waals surface area contributed by atoms with Gasteiger partial charge in [-0.25, -0.2) is 18.4 Å². The first-order valence-electron chi connectivity index (χ1n) is 7.50. The molecule has 132 valence electrons. The highest BCUT2D eigenvalue weighted by Gasteiger charge is 2.19. The summed E-state index contributed by atoms with van der Waals surface area (Å²) < 4.78 is 27.8. The van der Waals surface area contributed by atoms with E-state index in [1.54, 1.807) is 19.1 Å². The van der Waals surface area contributed by atoms with E-state index in [9.17, 15) is 13.2 Å². The smallest absolute Gasteiger partial charge is 0.272 e. The van der Waals surface area contributed by atoms with Crippen LogP contribution in [0, 0.1) is 6.92 Å². The molecular formula is C16H12ClN5O3S. The molecule has 10 heteroatoms. The van der Waals surface area contributed by atoms with E-state index in [0.717, 1.165) is 0 Å². The number of rotatable bonds is 3. The maximum atomic E-state index is 12.7. The molecule has 3 N–H and O–H groups in total. The Morgan fingerprint density at radius 2 is 2.00 bits per heavy atom. The molecule has 0 bridgehead atoms. The van der Waals surface area contributed by atoms with Crippen LogP contribution in [-0.4, -0.2) is 28.4 Å². The van der Waals surface area contributed by atoms with Crippen molar-refractivity contribution in [2.45, 2.75) is 11.8 Å². The van der Waals surface area contributed by atoms with Gasteiger partial charge in [-0.1, -0.05) is 11.6 Å². The van der Waals surface area contributed by atoms with Crippen LogP contribution in [-0.2, 0) is 10.0 Å². The average Bonchev–Trinajstić information content (AvgIpc) is 2.97. The highest BCUT2D eigenvalue weighted by molar-refractivity contribution is 7.92. The van der Waals surface area contributed by atoms with Crippen LogP contribution in [0.2, 0.25) is 5.02 Å². The molecule has 0 atom stereocenters. The van der Waals surface area contributed by atoms with Crippen LogP contribution in [0.5, 0.6) is 0 Å². The Bertz CT molecular complexity index is 1330. The molecule has 1 aromatic carbocycles. The first-order valence-corrected chi connectivity index (χ1v) is 9.36. The maximum Gasteiger partial charge on any atom is 0.272 e. The minimum atomic E-state index is -3.93. The fraction of sp³-hybridized carbons (Fsp3) is 0.0625. The summed E-state index contributed by atoms with van der Waals surface area (Å²) in [7, 11) is -3.93. The number of halogens is 1. The molecule has 3 aromatic heterocycles. The monoisotopic (exact) mass is 389 g/mol. The zero-order valence-electron chi connectivity index (χ0n) is 13.4. The molecule has 0 unspecified atom stereocenters. The number of aromatic amines is 2. The average molecular weight is 390 g/mol. The lowest BCUT2D eigenvalue weighted by molar-refractivity contribution is 0.601. The first kappa shape index (κ1) is 16.6. The third-order valence-electron chi connectivity index (χ3n) is 3.91. The minimum absolute atomic E-state index is 0.00892. The summed E-state index contributed by atoms with van der Waals surface area (Å²) in [6.07, 6.45) is 2.84. The third-order valence-corrected chi connectivity index (χ3v) is 5.52. The number of anilines is 1. The Morgan fingerprint density at radius 3 is 2.81 bits per heavy atom. The Labute approximate surface area is 152 Å². The van der Waals surface area contributed by atoms with Crippen LogP contribution in [0.1, 0.15) is 5.82 Å². The highest BCUT2D eigenvalue weighted by Crippen LogP contribution is 2.27. The molecule has 8 nitrogen and oxygen atoms in total. The third kappa shape index (κ3) is 2.71. The molecule has 0 aliphatic carbocycles. The molecule has 3 heterocycles. The van der Waals surface area contributed by atoms with Crippen molar-refractivity contribution in [1.82, 2.24) is 19.9 Å². The summed E-state index contributed by atoms with van der Waals surface area (Å²) in [5, 5.41) is 1.36. The van der Waals surface area contributed by atoms with Gasteiger partial charge in [0.25, 0.3) is 15.6 Å². The highest BCUT2D eigenvalue weighted by atomic mass is 35.5. The van der Waals surface area contributed by atoms with E-state index in [2.05, 4.69) is 24.7 Å². The van der Waals surface area contributed by atoms with Gasteiger partial charge in [-0.2, -0.15) is 0 Å². The molecule has 26 heavy (non-hydrogen) atoms. The molecule has 0 radical (unpaired) electrons. The predicted octanol–water partition coefficient (Wildman–Crippen LogP) is 2.56. The summed E-state index contributed by atoms with van der Waals surface area (Å²) >= 11 is 5.97. The number of hydrogen-bond donors (Lipinski definition) is 3. The number of sulfonamides is 1. The molecule has 0 amide bonds. The van der Waals surface area contributed by atoms with Crippen LogP contribution in [0.3, 0.4) is 0 Å². The molecule has 0 saturated carbocycles. The molecule has 4 aromatic rings. The quantitative estimate of drug-likeness (QED) is 0.497. The maximum absolute atomic E-state index is 12.7. The van der Waals surface area contributed by atoms with Crippen molar-refractivity contribution in [2.75, 3.05) is 4.72 Å². The number of benzene rings is 1. The lowest BCUT2D eigenvalue weighted by atomic mass is 10.2. The minimum Gasteiger partial charge on any atom is -0.350 e. The number of pyridine rings is 1. The van der Waals surface area contributed by atoms with Crippen LogP contribution in [0.15, 0.2) is 46.3 Å². The predicted molar refractivity (Wildman–Crippen MR) is 99.0 cm³/mol. The standard InChI is InChI=1S/C16H12ClN5O3S/c1-8-19-7-12(17)15(20-8)22-26(24,25)9-2-3-13-11(6-9)10-4-5-18-16(23)14(10)21-13/h2-7,21H,1H3,(H,18,23)(H,19,20,22). The normalized spacial score (nSPS) is 11.9. The van der Waals surface area contributed by atoms with E-state index in [1.807, 2.05) is 0 Å². The van der Waals surface area contributed by atoms with Gasteiger partial charge >= 0.3 is 0 Å². The van der Waals surface area contributed by atoms with Crippen molar-refractivity contribution < 1.29 is 8.42 Å². The molecule has 0 spiro atoms. The van der Waals surface area contributed by atoms with E-state index < -0.39 is 10.0 Å². The summed E-state index contributed by atoms with van der Waals surface area (Å²) in [5.41, 5.74) is 0.774. The number of H-pyrrole nitrogens is 2. The van der Waals surface area contributed by atoms with Crippen molar-refractivity contribution in [1.29, 1.82) is 0 Å². The van der Waals surface area contributed by atoms with Gasteiger partial charge in [-0.3, -0.25) is 9.52 Å². The Hall–Kier alpha value is -2.91. The number of hydrogen-bond acceptors (Lipinski definition) is 5. The van der Waals surface area contributed by atoms with Crippen LogP contribution < -0.4 is 10.3 Å². The number of fused-ring (bicyclic) bond motifs is 3. The van der Waals surface area contributed by atoms with Crippen molar-refractivity contribution >= 4 is 49.2 Å². The number of aromatic nitrogens is 4. The van der Waals surface area contributed by atoms with E-state index in [1.165, 1.54) is 24.5 Å². The molecule has 0 saturated heterocycles. The van der Waals surface area contributed by atoms with Gasteiger partial charge in [0.1, 0.15) is 16.4 Å². The number of nitrogens with one attached hydrogen (secondary N) is 3. The van der Waals surface area contributed by atoms with Crippen LogP contribution >= 0.6 is 11.6 Å². The zero-order chi connectivity index (χ0) is 18.5. The second-order valence-corrected chi connectivity index (χ2v) is 7.74. The number of aryl methyl sites for hydroxylation is 1. The van der Waals surface area contributed by atoms with Gasteiger partial charge in [0, 0.05) is 22.5 Å². The van der Waals surface area contributed by atoms with E-state index in [4.69, 9.17) is 11.6 Å². The van der Waals surface area contributed by atoms with E-state index in [0.29, 0.717) is 27.6 Å². The topological polar surface area (TPSA) is 121 Å². The molecule has 0 aliphatic rings. The van der Waals surface area contributed by atoms with Crippen molar-refractivity contribution in [3.8, 4) is 0 Å². The van der Waals surface area contributed by atoms with Crippen molar-refractivity contribution in [3.63, 3.8) is 0 Å². The van der Waals surface area contributed by atoms with Gasteiger partial charge in [-0.05, 0) is 31.2 Å². The summed E-state index contributed by atoms with van der Waals surface area (Å²) in [6, 6.07) is 6.26. The van der Waals surface area contributed by atoms with Gasteiger partial charge in [0.15, 0.2) is 5.82 Å². The lowest BCUT2D eigenvalue weighted by Gasteiger charge is -2.09. The van der Waals surface area contributed by atoms with Crippen molar-refractivity contribution in [2.24, 2.45) is 0 Å². The van der Waals surface area contributed by atoms with E-state index in [-0.39, 0.29) is 21.3 Å². The van der Waals surface area contributed by atoms with Gasteiger partial charge < -0.3 is 9.97 Å². The Kier molecular flexibility index (Phi) is 3.70. The van der Waals surface area contributed by atoms with Crippen LogP contribution in [0.4, 0.5) is 5.82 Å². The fourth-order valence-corrected chi connectivity index (χ4v) is 3.94. The second kappa shape index (κ2) is 5.82. The van der Waals surface area contributed by atoms with Gasteiger partial charge in [-0.15, -0.1) is 0 Å². The summed E-state index contributed by atoms with van der Waals surface area (Å²) in [4.78, 5) is 25.4. The Balaban J connectivity index is 1.85. The Morgan fingerprint density at radius 1 is 1.19 bits per heavy atom. The summed E-state index contributed by atoms with van der Waals surface area (Å²) in [5.74, 6) is 0.396. The fourth-order valence-electron chi connectivity index (χ4n) is 2.70. The second-order valence-electron chi connectivity index (χ2n) is 5.65. The number of nitrogens with zero attached hydrogens (tertiary/aromatic N) is 2. The SMILES string of the molecule is Cc1ncc(Cl)c(NS(=O)(=O)c2ccc3[nH]c4c(=O)[nH]ccc4c3c2)n1. The molecule has 4 rings (SSSR count). The van der Waals surface area contributed by atoms with Crippen LogP contribution in [0.25, 0.3) is 21.8 Å². The zero-order valence-corrected chi connectivity index (χ0v) is 14.9. The van der Waals surface area contributed by atoms with Gasteiger partial charge in [0.05, 0.1) is 11.1 Å². The van der Waals surface area contributed by atoms with Gasteiger partial charge in [0.2, 0.25) is 0 Å². The molecule has 0 aliphatic heterocycles. The van der Waals surface area contributed by atoms with Crippen molar-refractivity contribution in [3.05, 3.63) is 57.9 Å². The lowest BCUT2D eigenvalue weighted by Crippen LogP contribution is -2.14. The summed E-state index contributed by atoms with van der Waals surface area (Å²) in [6.45, 7) is 1.63. The molecular weight excluding hydrogens is 378 g/mol. The molecule has 0 fully saturated rings.